The summed E-state index contributed by atoms with van der Waals surface area (Å²) < 4.78 is 27.7. The third kappa shape index (κ3) is 4.94. The van der Waals surface area contributed by atoms with Crippen LogP contribution in [0.2, 0.25) is 0 Å². The first-order valence-corrected chi connectivity index (χ1v) is 8.95. The molecule has 0 aliphatic carbocycles. The average molecular weight is 395 g/mol. The van der Waals surface area contributed by atoms with Crippen molar-refractivity contribution in [2.45, 2.75) is 4.90 Å². The van der Waals surface area contributed by atoms with Crippen LogP contribution >= 0.6 is 15.9 Å². The van der Waals surface area contributed by atoms with Crippen molar-refractivity contribution in [3.8, 4) is 0 Å². The summed E-state index contributed by atoms with van der Waals surface area (Å²) >= 11 is 3.15. The summed E-state index contributed by atoms with van der Waals surface area (Å²) in [7, 11) is -3.68. The third-order valence-corrected chi connectivity index (χ3v) is 4.57. The first-order valence-electron chi connectivity index (χ1n) is 6.68. The molecule has 2 N–H and O–H groups in total. The highest BCUT2D eigenvalue weighted by molar-refractivity contribution is 9.11. The molecule has 0 spiro atoms. The van der Waals surface area contributed by atoms with Crippen LogP contribution in [0, 0.1) is 0 Å². The molecule has 0 unspecified atom stereocenters. The standard InChI is InChI=1S/C16H15BrN2O3S/c1-12(17)11-18-16(20)13-7-9-15(10-8-13)23(21,22)19-14-5-3-2-4-6-14/h2-10,19H,1,11H2,(H,18,20). The Morgan fingerprint density at radius 1 is 1.04 bits per heavy atom. The predicted molar refractivity (Wildman–Crippen MR) is 94.1 cm³/mol. The summed E-state index contributed by atoms with van der Waals surface area (Å²) in [4.78, 5) is 11.9. The quantitative estimate of drug-likeness (QED) is 0.789. The van der Waals surface area contributed by atoms with Crippen molar-refractivity contribution < 1.29 is 13.2 Å². The lowest BCUT2D eigenvalue weighted by atomic mass is 10.2. The number of benzene rings is 2. The van der Waals surface area contributed by atoms with Crippen LogP contribution in [-0.4, -0.2) is 20.9 Å². The van der Waals surface area contributed by atoms with E-state index in [4.69, 9.17) is 0 Å². The third-order valence-electron chi connectivity index (χ3n) is 2.89. The molecule has 0 bridgehead atoms. The molecule has 2 aromatic carbocycles. The predicted octanol–water partition coefficient (Wildman–Crippen LogP) is 3.13. The summed E-state index contributed by atoms with van der Waals surface area (Å²) in [6.45, 7) is 3.92. The molecule has 5 nitrogen and oxygen atoms in total. The SMILES string of the molecule is C=C(Br)CNC(=O)c1ccc(S(=O)(=O)Nc2ccccc2)cc1. The van der Waals surface area contributed by atoms with Gasteiger partial charge in [0, 0.05) is 22.3 Å². The van der Waals surface area contributed by atoms with E-state index in [0.29, 0.717) is 22.3 Å². The molecule has 120 valence electrons. The van der Waals surface area contributed by atoms with Crippen LogP contribution < -0.4 is 10.0 Å². The van der Waals surface area contributed by atoms with Gasteiger partial charge in [0.2, 0.25) is 0 Å². The average Bonchev–Trinajstić information content (AvgIpc) is 2.53. The van der Waals surface area contributed by atoms with Crippen LogP contribution in [0.5, 0.6) is 0 Å². The Hall–Kier alpha value is -2.12. The summed E-state index contributed by atoms with van der Waals surface area (Å²) in [6.07, 6.45) is 0. The highest BCUT2D eigenvalue weighted by atomic mass is 79.9. The smallest absolute Gasteiger partial charge is 0.261 e. The zero-order valence-electron chi connectivity index (χ0n) is 12.1. The number of hydrogen-bond acceptors (Lipinski definition) is 3. The van der Waals surface area contributed by atoms with Crippen molar-refractivity contribution in [3.05, 3.63) is 71.2 Å². The molecule has 0 aliphatic rings. The normalized spacial score (nSPS) is 10.8. The van der Waals surface area contributed by atoms with Gasteiger partial charge in [-0.15, -0.1) is 0 Å². The lowest BCUT2D eigenvalue weighted by Crippen LogP contribution is -2.24. The minimum Gasteiger partial charge on any atom is -0.347 e. The van der Waals surface area contributed by atoms with Gasteiger partial charge in [-0.1, -0.05) is 40.7 Å². The molecule has 0 aromatic heterocycles. The van der Waals surface area contributed by atoms with Crippen LogP contribution in [0.25, 0.3) is 0 Å². The molecule has 0 fully saturated rings. The number of sulfonamides is 1. The van der Waals surface area contributed by atoms with E-state index in [9.17, 15) is 13.2 Å². The minimum absolute atomic E-state index is 0.0859. The molecule has 0 radical (unpaired) electrons. The van der Waals surface area contributed by atoms with E-state index in [1.807, 2.05) is 0 Å². The summed E-state index contributed by atoms with van der Waals surface area (Å²) in [5.74, 6) is -0.300. The molecule has 7 heteroatoms. The lowest BCUT2D eigenvalue weighted by molar-refractivity contribution is 0.0957. The molecule has 0 atom stereocenters. The number of hydrogen-bond donors (Lipinski definition) is 2. The van der Waals surface area contributed by atoms with Crippen LogP contribution in [0.1, 0.15) is 10.4 Å². The van der Waals surface area contributed by atoms with Crippen LogP contribution in [0.15, 0.2) is 70.6 Å². The lowest BCUT2D eigenvalue weighted by Gasteiger charge is -2.09. The second-order valence-corrected chi connectivity index (χ2v) is 7.50. The number of carbonyl (C=O) groups excluding carboxylic acids is 1. The Bertz CT molecular complexity index is 803. The van der Waals surface area contributed by atoms with Gasteiger partial charge < -0.3 is 5.32 Å². The molecule has 0 heterocycles. The highest BCUT2D eigenvalue weighted by Crippen LogP contribution is 2.16. The van der Waals surface area contributed by atoms with Crippen LogP contribution in [-0.2, 0) is 10.0 Å². The molecule has 23 heavy (non-hydrogen) atoms. The maximum absolute atomic E-state index is 12.3. The van der Waals surface area contributed by atoms with Crippen LogP contribution in [0.4, 0.5) is 5.69 Å². The van der Waals surface area contributed by atoms with Gasteiger partial charge in [-0.05, 0) is 36.4 Å². The molecule has 0 saturated heterocycles. The van der Waals surface area contributed by atoms with Crippen molar-refractivity contribution in [1.29, 1.82) is 0 Å². The fourth-order valence-electron chi connectivity index (χ4n) is 1.78. The molecular formula is C16H15BrN2O3S. The largest absolute Gasteiger partial charge is 0.347 e. The Balaban J connectivity index is 2.12. The second kappa shape index (κ2) is 7.43. The van der Waals surface area contributed by atoms with Crippen LogP contribution in [0.3, 0.4) is 0 Å². The van der Waals surface area contributed by atoms with Gasteiger partial charge in [-0.2, -0.15) is 0 Å². The topological polar surface area (TPSA) is 75.3 Å². The van der Waals surface area contributed by atoms with Gasteiger partial charge in [0.25, 0.3) is 15.9 Å². The van der Waals surface area contributed by atoms with Gasteiger partial charge in [0.15, 0.2) is 0 Å². The number of amides is 1. The first-order chi connectivity index (χ1) is 10.9. The number of rotatable bonds is 6. The number of halogens is 1. The molecule has 0 aliphatic heterocycles. The monoisotopic (exact) mass is 394 g/mol. The van der Waals surface area contributed by atoms with Crippen molar-refractivity contribution in [2.75, 3.05) is 11.3 Å². The molecule has 2 aromatic rings. The van der Waals surface area contributed by atoms with E-state index in [-0.39, 0.29) is 10.8 Å². The summed E-state index contributed by atoms with van der Waals surface area (Å²) in [5.41, 5.74) is 0.850. The number of carbonyl (C=O) groups is 1. The van der Waals surface area contributed by atoms with Gasteiger partial charge in [0.1, 0.15) is 0 Å². The van der Waals surface area contributed by atoms with Crippen molar-refractivity contribution in [1.82, 2.24) is 5.32 Å². The van der Waals surface area contributed by atoms with Gasteiger partial charge >= 0.3 is 0 Å². The van der Waals surface area contributed by atoms with Gasteiger partial charge in [-0.25, -0.2) is 8.42 Å². The fraction of sp³-hybridized carbons (Fsp3) is 0.0625. The van der Waals surface area contributed by atoms with E-state index in [2.05, 4.69) is 32.5 Å². The fourth-order valence-corrected chi connectivity index (χ4v) is 2.98. The summed E-state index contributed by atoms with van der Waals surface area (Å²) in [6, 6.07) is 14.3. The number of para-hydroxylation sites is 1. The Labute approximate surface area is 143 Å². The molecule has 1 amide bonds. The number of anilines is 1. The maximum Gasteiger partial charge on any atom is 0.261 e. The number of nitrogens with one attached hydrogen (secondary N) is 2. The van der Waals surface area contributed by atoms with E-state index in [1.54, 1.807) is 30.3 Å². The van der Waals surface area contributed by atoms with Crippen molar-refractivity contribution >= 4 is 37.5 Å². The zero-order valence-corrected chi connectivity index (χ0v) is 14.5. The van der Waals surface area contributed by atoms with Crippen molar-refractivity contribution in [2.24, 2.45) is 0 Å². The highest BCUT2D eigenvalue weighted by Gasteiger charge is 2.15. The Morgan fingerprint density at radius 2 is 1.65 bits per heavy atom. The Morgan fingerprint density at radius 3 is 2.22 bits per heavy atom. The van der Waals surface area contributed by atoms with E-state index in [1.165, 1.54) is 24.3 Å². The maximum atomic E-state index is 12.3. The zero-order chi connectivity index (χ0) is 16.9. The second-order valence-electron chi connectivity index (χ2n) is 4.70. The van der Waals surface area contributed by atoms with Gasteiger partial charge in [0.05, 0.1) is 4.90 Å². The summed E-state index contributed by atoms with van der Waals surface area (Å²) in [5, 5.41) is 2.65. The molecule has 0 saturated carbocycles. The van der Waals surface area contributed by atoms with E-state index < -0.39 is 10.0 Å². The van der Waals surface area contributed by atoms with E-state index >= 15 is 0 Å². The van der Waals surface area contributed by atoms with E-state index in [0.717, 1.165) is 0 Å². The van der Waals surface area contributed by atoms with Crippen molar-refractivity contribution in [3.63, 3.8) is 0 Å². The molecule has 2 rings (SSSR count). The minimum atomic E-state index is -3.68. The Kier molecular flexibility index (Phi) is 5.57. The van der Waals surface area contributed by atoms with Gasteiger partial charge in [-0.3, -0.25) is 9.52 Å². The first kappa shape index (κ1) is 17.2. The molecular weight excluding hydrogens is 380 g/mol.